The summed E-state index contributed by atoms with van der Waals surface area (Å²) in [6.45, 7) is 7.38. The van der Waals surface area contributed by atoms with Crippen molar-refractivity contribution in [1.82, 2.24) is 10.2 Å². The van der Waals surface area contributed by atoms with Crippen LogP contribution in [0.3, 0.4) is 0 Å². The van der Waals surface area contributed by atoms with Gasteiger partial charge in [0.05, 0.1) is 0 Å². The lowest BCUT2D eigenvalue weighted by molar-refractivity contribution is 0.0375. The third kappa shape index (κ3) is 1.62. The molecule has 0 spiro atoms. The standard InChI is InChI=1S/C11H22N2/c1-8-6-11(9(8)2)13-5-4-10(7-13)12-3/h8-12H,4-7H2,1-3H3. The first-order valence-electron chi connectivity index (χ1n) is 5.63. The second kappa shape index (κ2) is 3.58. The maximum atomic E-state index is 3.38. The van der Waals surface area contributed by atoms with Gasteiger partial charge in [0.2, 0.25) is 0 Å². The quantitative estimate of drug-likeness (QED) is 0.693. The van der Waals surface area contributed by atoms with E-state index in [0.717, 1.165) is 23.9 Å². The molecule has 2 nitrogen and oxygen atoms in total. The SMILES string of the molecule is CNC1CCN(C2CC(C)C2C)C1. The molecule has 0 aromatic rings. The molecular formula is C11H22N2. The molecule has 0 radical (unpaired) electrons. The Morgan fingerprint density at radius 2 is 2.08 bits per heavy atom. The Morgan fingerprint density at radius 3 is 2.54 bits per heavy atom. The highest BCUT2D eigenvalue weighted by Gasteiger charge is 2.40. The number of nitrogens with zero attached hydrogens (tertiary/aromatic N) is 1. The number of likely N-dealkylation sites (N-methyl/N-ethyl adjacent to an activating group) is 1. The molecule has 1 aliphatic carbocycles. The van der Waals surface area contributed by atoms with E-state index in [1.807, 2.05) is 0 Å². The van der Waals surface area contributed by atoms with Crippen molar-refractivity contribution in [2.24, 2.45) is 11.8 Å². The van der Waals surface area contributed by atoms with Crippen molar-refractivity contribution in [2.45, 2.75) is 38.8 Å². The van der Waals surface area contributed by atoms with Crippen LogP contribution in [0.2, 0.25) is 0 Å². The zero-order valence-corrected chi connectivity index (χ0v) is 9.09. The van der Waals surface area contributed by atoms with Gasteiger partial charge in [-0.25, -0.2) is 0 Å². The van der Waals surface area contributed by atoms with E-state index in [-0.39, 0.29) is 0 Å². The predicted molar refractivity (Wildman–Crippen MR) is 55.8 cm³/mol. The van der Waals surface area contributed by atoms with Crippen LogP contribution in [-0.4, -0.2) is 37.1 Å². The molecule has 2 aliphatic rings. The summed E-state index contributed by atoms with van der Waals surface area (Å²) >= 11 is 0. The van der Waals surface area contributed by atoms with Gasteiger partial charge >= 0.3 is 0 Å². The van der Waals surface area contributed by atoms with Crippen molar-refractivity contribution in [3.63, 3.8) is 0 Å². The van der Waals surface area contributed by atoms with Crippen LogP contribution in [0.4, 0.5) is 0 Å². The molecule has 1 N–H and O–H groups in total. The molecule has 2 fully saturated rings. The first kappa shape index (κ1) is 9.47. The number of hydrogen-bond donors (Lipinski definition) is 1. The summed E-state index contributed by atoms with van der Waals surface area (Å²) in [7, 11) is 2.08. The van der Waals surface area contributed by atoms with E-state index in [1.54, 1.807) is 0 Å². The molecule has 1 heterocycles. The zero-order valence-electron chi connectivity index (χ0n) is 9.09. The highest BCUT2D eigenvalue weighted by molar-refractivity contribution is 4.95. The minimum Gasteiger partial charge on any atom is -0.316 e. The van der Waals surface area contributed by atoms with Gasteiger partial charge in [-0.15, -0.1) is 0 Å². The van der Waals surface area contributed by atoms with Gasteiger partial charge < -0.3 is 5.32 Å². The molecule has 1 saturated heterocycles. The van der Waals surface area contributed by atoms with E-state index in [0.29, 0.717) is 0 Å². The molecule has 0 aromatic heterocycles. The Labute approximate surface area is 81.7 Å². The Balaban J connectivity index is 1.83. The van der Waals surface area contributed by atoms with Crippen LogP contribution in [0, 0.1) is 11.8 Å². The lowest BCUT2D eigenvalue weighted by Gasteiger charge is -2.46. The van der Waals surface area contributed by atoms with E-state index in [9.17, 15) is 0 Å². The van der Waals surface area contributed by atoms with Crippen LogP contribution in [0.5, 0.6) is 0 Å². The largest absolute Gasteiger partial charge is 0.316 e. The third-order valence-corrected chi connectivity index (χ3v) is 4.21. The van der Waals surface area contributed by atoms with E-state index in [1.165, 1.54) is 25.9 Å². The molecule has 13 heavy (non-hydrogen) atoms. The van der Waals surface area contributed by atoms with Crippen molar-refractivity contribution < 1.29 is 0 Å². The van der Waals surface area contributed by atoms with Gasteiger partial charge in [-0.3, -0.25) is 4.90 Å². The monoisotopic (exact) mass is 182 g/mol. The van der Waals surface area contributed by atoms with Crippen LogP contribution in [0.15, 0.2) is 0 Å². The van der Waals surface area contributed by atoms with Gasteiger partial charge in [-0.1, -0.05) is 13.8 Å². The van der Waals surface area contributed by atoms with Crippen molar-refractivity contribution in [3.8, 4) is 0 Å². The molecule has 1 saturated carbocycles. The summed E-state index contributed by atoms with van der Waals surface area (Å²) in [6.07, 6.45) is 2.77. The first-order valence-corrected chi connectivity index (χ1v) is 5.63. The molecule has 2 rings (SSSR count). The zero-order chi connectivity index (χ0) is 9.42. The summed E-state index contributed by atoms with van der Waals surface area (Å²) in [6, 6.07) is 1.65. The minimum atomic E-state index is 0.753. The van der Waals surface area contributed by atoms with Crippen LogP contribution < -0.4 is 5.32 Å². The average molecular weight is 182 g/mol. The lowest BCUT2D eigenvalue weighted by atomic mass is 9.71. The summed E-state index contributed by atoms with van der Waals surface area (Å²) in [5, 5.41) is 3.38. The number of nitrogens with one attached hydrogen (secondary N) is 1. The second-order valence-corrected chi connectivity index (χ2v) is 4.91. The maximum Gasteiger partial charge on any atom is 0.0204 e. The Hall–Kier alpha value is -0.0800. The van der Waals surface area contributed by atoms with E-state index in [2.05, 4.69) is 31.1 Å². The Bertz CT molecular complexity index is 181. The van der Waals surface area contributed by atoms with Crippen LogP contribution >= 0.6 is 0 Å². The summed E-state index contributed by atoms with van der Waals surface area (Å²) < 4.78 is 0. The van der Waals surface area contributed by atoms with Crippen molar-refractivity contribution in [1.29, 1.82) is 0 Å². The molecule has 4 atom stereocenters. The van der Waals surface area contributed by atoms with Crippen LogP contribution in [-0.2, 0) is 0 Å². The number of hydrogen-bond acceptors (Lipinski definition) is 2. The molecule has 1 aliphatic heterocycles. The van der Waals surface area contributed by atoms with Gasteiger partial charge in [0.15, 0.2) is 0 Å². The van der Waals surface area contributed by atoms with E-state index < -0.39 is 0 Å². The lowest BCUT2D eigenvalue weighted by Crippen LogP contribution is -2.50. The first-order chi connectivity index (χ1) is 6.22. The molecule has 0 amide bonds. The third-order valence-electron chi connectivity index (χ3n) is 4.21. The van der Waals surface area contributed by atoms with Crippen molar-refractivity contribution >= 4 is 0 Å². The molecule has 0 bridgehead atoms. The topological polar surface area (TPSA) is 15.3 Å². The molecule has 0 aromatic carbocycles. The highest BCUT2D eigenvalue weighted by Crippen LogP contribution is 2.38. The van der Waals surface area contributed by atoms with Crippen molar-refractivity contribution in [2.75, 3.05) is 20.1 Å². The molecule has 76 valence electrons. The summed E-state index contributed by atoms with van der Waals surface area (Å²) in [4.78, 5) is 2.69. The van der Waals surface area contributed by atoms with Crippen molar-refractivity contribution in [3.05, 3.63) is 0 Å². The fourth-order valence-corrected chi connectivity index (χ4v) is 2.80. The maximum absolute atomic E-state index is 3.38. The normalized spacial score (nSPS) is 46.4. The smallest absolute Gasteiger partial charge is 0.0204 e. The van der Waals surface area contributed by atoms with E-state index >= 15 is 0 Å². The predicted octanol–water partition coefficient (Wildman–Crippen LogP) is 1.32. The Morgan fingerprint density at radius 1 is 1.31 bits per heavy atom. The fourth-order valence-electron chi connectivity index (χ4n) is 2.80. The number of rotatable bonds is 2. The second-order valence-electron chi connectivity index (χ2n) is 4.91. The van der Waals surface area contributed by atoms with Gasteiger partial charge in [0, 0.05) is 25.2 Å². The fraction of sp³-hybridized carbons (Fsp3) is 1.00. The van der Waals surface area contributed by atoms with E-state index in [4.69, 9.17) is 0 Å². The average Bonchev–Trinajstić information content (AvgIpc) is 2.61. The van der Waals surface area contributed by atoms with Gasteiger partial charge in [0.1, 0.15) is 0 Å². The molecule has 4 unspecified atom stereocenters. The summed E-state index contributed by atoms with van der Waals surface area (Å²) in [5.74, 6) is 1.88. The van der Waals surface area contributed by atoms with Crippen LogP contribution in [0.1, 0.15) is 26.7 Å². The molecular weight excluding hydrogens is 160 g/mol. The Kier molecular flexibility index (Phi) is 2.61. The van der Waals surface area contributed by atoms with Gasteiger partial charge in [-0.05, 0) is 31.7 Å². The van der Waals surface area contributed by atoms with Gasteiger partial charge in [-0.2, -0.15) is 0 Å². The highest BCUT2D eigenvalue weighted by atomic mass is 15.2. The van der Waals surface area contributed by atoms with Crippen LogP contribution in [0.25, 0.3) is 0 Å². The molecule has 2 heteroatoms. The minimum absolute atomic E-state index is 0.753. The summed E-state index contributed by atoms with van der Waals surface area (Å²) in [5.41, 5.74) is 0. The van der Waals surface area contributed by atoms with Gasteiger partial charge in [0.25, 0.3) is 0 Å². The number of likely N-dealkylation sites (tertiary alicyclic amines) is 1.